The van der Waals surface area contributed by atoms with Crippen LogP contribution < -0.4 is 11.5 Å². The molecule has 0 bridgehead atoms. The average Bonchev–Trinajstić information content (AvgIpc) is 2.20. The number of hydrogen-bond donors (Lipinski definition) is 3. The maximum absolute atomic E-state index is 10.7. The SMILES string of the molecule is CC(N)Cc1ccccc1CC(N)C(=O)O. The number of nitrogens with two attached hydrogens (primary N) is 2. The van der Waals surface area contributed by atoms with Crippen LogP contribution in [-0.4, -0.2) is 23.2 Å². The van der Waals surface area contributed by atoms with E-state index in [1.165, 1.54) is 0 Å². The molecule has 1 rings (SSSR count). The highest BCUT2D eigenvalue weighted by Crippen LogP contribution is 2.12. The van der Waals surface area contributed by atoms with Crippen LogP contribution in [0, 0.1) is 0 Å². The predicted octanol–water partition coefficient (Wildman–Crippen LogP) is 0.531. The highest BCUT2D eigenvalue weighted by atomic mass is 16.4. The second-order valence-electron chi connectivity index (χ2n) is 4.10. The topological polar surface area (TPSA) is 89.3 Å². The number of carboxylic acids is 1. The Morgan fingerprint density at radius 2 is 1.75 bits per heavy atom. The zero-order valence-electron chi connectivity index (χ0n) is 9.39. The Morgan fingerprint density at radius 3 is 2.19 bits per heavy atom. The molecule has 1 aromatic carbocycles. The summed E-state index contributed by atoms with van der Waals surface area (Å²) in [5, 5.41) is 8.77. The lowest BCUT2D eigenvalue weighted by Crippen LogP contribution is -2.32. The first kappa shape index (κ1) is 12.7. The first-order chi connectivity index (χ1) is 7.50. The van der Waals surface area contributed by atoms with Crippen molar-refractivity contribution in [1.29, 1.82) is 0 Å². The molecule has 0 aliphatic carbocycles. The first-order valence-electron chi connectivity index (χ1n) is 5.31. The molecular weight excluding hydrogens is 204 g/mol. The molecule has 0 aliphatic heterocycles. The molecule has 0 radical (unpaired) electrons. The lowest BCUT2D eigenvalue weighted by Gasteiger charge is -2.13. The number of hydrogen-bond acceptors (Lipinski definition) is 3. The zero-order valence-corrected chi connectivity index (χ0v) is 9.39. The second kappa shape index (κ2) is 5.63. The Morgan fingerprint density at radius 1 is 1.25 bits per heavy atom. The van der Waals surface area contributed by atoms with Crippen molar-refractivity contribution in [3.05, 3.63) is 35.4 Å². The van der Waals surface area contributed by atoms with Crippen LogP contribution >= 0.6 is 0 Å². The van der Waals surface area contributed by atoms with Crippen LogP contribution in [0.5, 0.6) is 0 Å². The normalized spacial score (nSPS) is 14.4. The molecule has 0 aliphatic rings. The summed E-state index contributed by atoms with van der Waals surface area (Å²) in [5.41, 5.74) is 13.3. The van der Waals surface area contributed by atoms with Crippen LogP contribution in [0.1, 0.15) is 18.1 Å². The van der Waals surface area contributed by atoms with E-state index in [9.17, 15) is 4.79 Å². The van der Waals surface area contributed by atoms with Gasteiger partial charge in [0.15, 0.2) is 0 Å². The summed E-state index contributed by atoms with van der Waals surface area (Å²) in [6.07, 6.45) is 1.08. The number of benzene rings is 1. The highest BCUT2D eigenvalue weighted by molar-refractivity contribution is 5.73. The number of carboxylic acid groups (broad SMARTS) is 1. The molecule has 16 heavy (non-hydrogen) atoms. The second-order valence-corrected chi connectivity index (χ2v) is 4.10. The van der Waals surface area contributed by atoms with Crippen LogP contribution in [0.2, 0.25) is 0 Å². The fourth-order valence-corrected chi connectivity index (χ4v) is 1.63. The van der Waals surface area contributed by atoms with E-state index < -0.39 is 12.0 Å². The summed E-state index contributed by atoms with van der Waals surface area (Å²) < 4.78 is 0. The molecule has 4 nitrogen and oxygen atoms in total. The van der Waals surface area contributed by atoms with E-state index in [2.05, 4.69) is 0 Å². The summed E-state index contributed by atoms with van der Waals surface area (Å²) in [7, 11) is 0. The third-order valence-electron chi connectivity index (χ3n) is 2.42. The minimum atomic E-state index is -0.976. The summed E-state index contributed by atoms with van der Waals surface area (Å²) in [5.74, 6) is -0.976. The van der Waals surface area contributed by atoms with Crippen molar-refractivity contribution in [3.63, 3.8) is 0 Å². The predicted molar refractivity (Wildman–Crippen MR) is 63.1 cm³/mol. The summed E-state index contributed by atoms with van der Waals surface area (Å²) in [6, 6.07) is 6.88. The van der Waals surface area contributed by atoms with Crippen LogP contribution in [0.15, 0.2) is 24.3 Å². The molecule has 4 heteroatoms. The lowest BCUT2D eigenvalue weighted by atomic mass is 9.96. The van der Waals surface area contributed by atoms with Crippen molar-refractivity contribution in [1.82, 2.24) is 0 Å². The summed E-state index contributed by atoms with van der Waals surface area (Å²) in [4.78, 5) is 10.7. The van der Waals surface area contributed by atoms with Gasteiger partial charge < -0.3 is 16.6 Å². The maximum Gasteiger partial charge on any atom is 0.320 e. The molecule has 5 N–H and O–H groups in total. The van der Waals surface area contributed by atoms with Crippen molar-refractivity contribution in [2.45, 2.75) is 31.8 Å². The van der Waals surface area contributed by atoms with Gasteiger partial charge in [-0.05, 0) is 30.9 Å². The number of aliphatic carboxylic acids is 1. The zero-order chi connectivity index (χ0) is 12.1. The highest BCUT2D eigenvalue weighted by Gasteiger charge is 2.14. The first-order valence-corrected chi connectivity index (χ1v) is 5.31. The van der Waals surface area contributed by atoms with E-state index in [0.717, 1.165) is 17.5 Å². The minimum Gasteiger partial charge on any atom is -0.480 e. The van der Waals surface area contributed by atoms with Gasteiger partial charge >= 0.3 is 5.97 Å². The van der Waals surface area contributed by atoms with Crippen molar-refractivity contribution < 1.29 is 9.90 Å². The molecular formula is C12H18N2O2. The largest absolute Gasteiger partial charge is 0.480 e. The Balaban J connectivity index is 2.82. The van der Waals surface area contributed by atoms with E-state index in [1.54, 1.807) is 0 Å². The summed E-state index contributed by atoms with van der Waals surface area (Å²) in [6.45, 7) is 1.92. The summed E-state index contributed by atoms with van der Waals surface area (Å²) >= 11 is 0. The number of rotatable bonds is 5. The van der Waals surface area contributed by atoms with Crippen LogP contribution in [0.3, 0.4) is 0 Å². The molecule has 0 saturated heterocycles. The molecule has 0 amide bonds. The molecule has 0 aromatic heterocycles. The van der Waals surface area contributed by atoms with Gasteiger partial charge in [-0.1, -0.05) is 24.3 Å². The fraction of sp³-hybridized carbons (Fsp3) is 0.417. The van der Waals surface area contributed by atoms with E-state index >= 15 is 0 Å². The van der Waals surface area contributed by atoms with Gasteiger partial charge in [-0.25, -0.2) is 0 Å². The van der Waals surface area contributed by atoms with E-state index in [4.69, 9.17) is 16.6 Å². The fourth-order valence-electron chi connectivity index (χ4n) is 1.63. The molecule has 0 heterocycles. The van der Waals surface area contributed by atoms with Gasteiger partial charge in [-0.15, -0.1) is 0 Å². The maximum atomic E-state index is 10.7. The van der Waals surface area contributed by atoms with E-state index in [-0.39, 0.29) is 6.04 Å². The molecule has 2 unspecified atom stereocenters. The molecule has 1 aromatic rings. The van der Waals surface area contributed by atoms with Gasteiger partial charge in [0, 0.05) is 6.04 Å². The molecule has 0 saturated carbocycles. The lowest BCUT2D eigenvalue weighted by molar-refractivity contribution is -0.138. The van der Waals surface area contributed by atoms with Crippen molar-refractivity contribution >= 4 is 5.97 Å². The Labute approximate surface area is 95.3 Å². The van der Waals surface area contributed by atoms with Gasteiger partial charge in [0.2, 0.25) is 0 Å². The van der Waals surface area contributed by atoms with Crippen LogP contribution in [0.4, 0.5) is 0 Å². The Bertz CT molecular complexity index is 364. The molecule has 88 valence electrons. The Hall–Kier alpha value is -1.39. The molecule has 0 fully saturated rings. The van der Waals surface area contributed by atoms with Crippen molar-refractivity contribution in [2.24, 2.45) is 11.5 Å². The van der Waals surface area contributed by atoms with Crippen LogP contribution in [0.25, 0.3) is 0 Å². The van der Waals surface area contributed by atoms with E-state index in [1.807, 2.05) is 31.2 Å². The quantitative estimate of drug-likeness (QED) is 0.678. The van der Waals surface area contributed by atoms with Gasteiger partial charge in [0.25, 0.3) is 0 Å². The Kier molecular flexibility index (Phi) is 4.46. The standard InChI is InChI=1S/C12H18N2O2/c1-8(13)6-9-4-2-3-5-10(9)7-11(14)12(15)16/h2-5,8,11H,6-7,13-14H2,1H3,(H,15,16). The van der Waals surface area contributed by atoms with Gasteiger partial charge in [-0.2, -0.15) is 0 Å². The van der Waals surface area contributed by atoms with Gasteiger partial charge in [0.1, 0.15) is 6.04 Å². The number of carbonyl (C=O) groups is 1. The molecule has 2 atom stereocenters. The third kappa shape index (κ3) is 3.64. The monoisotopic (exact) mass is 222 g/mol. The van der Waals surface area contributed by atoms with Crippen LogP contribution in [-0.2, 0) is 17.6 Å². The molecule has 0 spiro atoms. The van der Waals surface area contributed by atoms with Crippen molar-refractivity contribution in [2.75, 3.05) is 0 Å². The minimum absolute atomic E-state index is 0.0576. The van der Waals surface area contributed by atoms with Gasteiger partial charge in [-0.3, -0.25) is 4.79 Å². The van der Waals surface area contributed by atoms with Gasteiger partial charge in [0.05, 0.1) is 0 Å². The third-order valence-corrected chi connectivity index (χ3v) is 2.42. The average molecular weight is 222 g/mol. The smallest absolute Gasteiger partial charge is 0.320 e. The van der Waals surface area contributed by atoms with E-state index in [0.29, 0.717) is 6.42 Å². The van der Waals surface area contributed by atoms with Crippen molar-refractivity contribution in [3.8, 4) is 0 Å².